The Kier molecular flexibility index (Phi) is 2.91. The quantitative estimate of drug-likeness (QED) is 0.742. The van der Waals surface area contributed by atoms with Crippen LogP contribution in [0.1, 0.15) is 5.56 Å². The number of para-hydroxylation sites is 1. The minimum atomic E-state index is 0.159. The zero-order chi connectivity index (χ0) is 14.1. The van der Waals surface area contributed by atoms with E-state index in [2.05, 4.69) is 5.16 Å². The van der Waals surface area contributed by atoms with Crippen LogP contribution in [0.25, 0.3) is 22.6 Å². The van der Waals surface area contributed by atoms with Gasteiger partial charge in [-0.2, -0.15) is 0 Å². The van der Waals surface area contributed by atoms with Gasteiger partial charge in [-0.05, 0) is 31.2 Å². The van der Waals surface area contributed by atoms with Crippen molar-refractivity contribution in [1.29, 1.82) is 0 Å². The van der Waals surface area contributed by atoms with E-state index in [1.54, 1.807) is 36.4 Å². The molecule has 4 nitrogen and oxygen atoms in total. The van der Waals surface area contributed by atoms with Gasteiger partial charge in [0.2, 0.25) is 0 Å². The molecular weight excluding hydrogens is 254 g/mol. The fourth-order valence-corrected chi connectivity index (χ4v) is 2.18. The van der Waals surface area contributed by atoms with Crippen molar-refractivity contribution < 1.29 is 14.7 Å². The van der Waals surface area contributed by atoms with Crippen molar-refractivity contribution in [3.8, 4) is 34.1 Å². The van der Waals surface area contributed by atoms with Gasteiger partial charge in [-0.3, -0.25) is 0 Å². The van der Waals surface area contributed by atoms with E-state index < -0.39 is 0 Å². The predicted molar refractivity (Wildman–Crippen MR) is 75.4 cm³/mol. The average molecular weight is 267 g/mol. The van der Waals surface area contributed by atoms with Crippen molar-refractivity contribution in [1.82, 2.24) is 5.16 Å². The third-order valence-electron chi connectivity index (χ3n) is 3.19. The van der Waals surface area contributed by atoms with E-state index in [0.29, 0.717) is 17.0 Å². The third kappa shape index (κ3) is 2.01. The van der Waals surface area contributed by atoms with Crippen molar-refractivity contribution >= 4 is 0 Å². The van der Waals surface area contributed by atoms with Gasteiger partial charge < -0.3 is 14.7 Å². The summed E-state index contributed by atoms with van der Waals surface area (Å²) in [7, 11) is 0. The first-order chi connectivity index (χ1) is 9.66. The number of nitrogens with zero attached hydrogens (tertiary/aromatic N) is 1. The maximum atomic E-state index is 9.89. The predicted octanol–water partition coefficient (Wildman–Crippen LogP) is 3.73. The summed E-state index contributed by atoms with van der Waals surface area (Å²) in [4.78, 5) is 0. The van der Waals surface area contributed by atoms with E-state index in [-0.39, 0.29) is 11.5 Å². The molecule has 4 heteroatoms. The Bertz CT molecular complexity index is 762. The van der Waals surface area contributed by atoms with Gasteiger partial charge in [-0.25, -0.2) is 0 Å². The number of aromatic nitrogens is 1. The molecule has 3 aromatic rings. The lowest BCUT2D eigenvalue weighted by atomic mass is 10.0. The second-order valence-electron chi connectivity index (χ2n) is 4.55. The molecule has 1 heterocycles. The topological polar surface area (TPSA) is 66.5 Å². The molecule has 100 valence electrons. The molecule has 1 aromatic heterocycles. The summed E-state index contributed by atoms with van der Waals surface area (Å²) in [6.45, 7) is 1.87. The standard InChI is InChI=1S/C16H13NO3/c1-10-15(13-7-2-3-8-14(13)19)17-20-16(10)11-5-4-6-12(18)9-11/h2-9,18-19H,1H3. The summed E-state index contributed by atoms with van der Waals surface area (Å²) < 4.78 is 5.37. The summed E-state index contributed by atoms with van der Waals surface area (Å²) in [6.07, 6.45) is 0. The molecule has 0 fully saturated rings. The highest BCUT2D eigenvalue weighted by molar-refractivity contribution is 5.75. The molecule has 3 rings (SSSR count). The minimum absolute atomic E-state index is 0.159. The largest absolute Gasteiger partial charge is 0.508 e. The maximum absolute atomic E-state index is 9.89. The molecule has 0 bridgehead atoms. The molecule has 0 aliphatic heterocycles. The number of phenols is 2. The van der Waals surface area contributed by atoms with Crippen molar-refractivity contribution in [2.45, 2.75) is 6.92 Å². The van der Waals surface area contributed by atoms with E-state index in [4.69, 9.17) is 4.52 Å². The molecule has 0 unspecified atom stereocenters. The number of aromatic hydroxyl groups is 2. The van der Waals surface area contributed by atoms with Gasteiger partial charge >= 0.3 is 0 Å². The minimum Gasteiger partial charge on any atom is -0.508 e. The van der Waals surface area contributed by atoms with Gasteiger partial charge in [-0.15, -0.1) is 0 Å². The number of rotatable bonds is 2. The molecule has 20 heavy (non-hydrogen) atoms. The Morgan fingerprint density at radius 2 is 1.80 bits per heavy atom. The van der Waals surface area contributed by atoms with Crippen LogP contribution in [-0.4, -0.2) is 15.4 Å². The first-order valence-electron chi connectivity index (χ1n) is 6.21. The summed E-state index contributed by atoms with van der Waals surface area (Å²) in [6, 6.07) is 13.8. The number of benzene rings is 2. The van der Waals surface area contributed by atoms with Crippen LogP contribution in [0.15, 0.2) is 53.1 Å². The fraction of sp³-hybridized carbons (Fsp3) is 0.0625. The molecule has 0 atom stereocenters. The lowest BCUT2D eigenvalue weighted by Gasteiger charge is -2.01. The molecule has 0 saturated heterocycles. The molecule has 2 aromatic carbocycles. The summed E-state index contributed by atoms with van der Waals surface area (Å²) >= 11 is 0. The van der Waals surface area contributed by atoms with Crippen LogP contribution in [0.3, 0.4) is 0 Å². The molecule has 0 radical (unpaired) electrons. The second kappa shape index (κ2) is 4.74. The van der Waals surface area contributed by atoms with Gasteiger partial charge in [0, 0.05) is 16.7 Å². The Labute approximate surface area is 115 Å². The normalized spacial score (nSPS) is 10.7. The Morgan fingerprint density at radius 1 is 1.00 bits per heavy atom. The van der Waals surface area contributed by atoms with Crippen LogP contribution in [0.5, 0.6) is 11.5 Å². The van der Waals surface area contributed by atoms with Gasteiger partial charge in [-0.1, -0.05) is 29.4 Å². The van der Waals surface area contributed by atoms with Crippen molar-refractivity contribution in [3.63, 3.8) is 0 Å². The van der Waals surface area contributed by atoms with Crippen LogP contribution in [0.4, 0.5) is 0 Å². The van der Waals surface area contributed by atoms with E-state index in [1.165, 1.54) is 0 Å². The number of phenolic OH excluding ortho intramolecular Hbond substituents is 2. The van der Waals surface area contributed by atoms with E-state index >= 15 is 0 Å². The highest BCUT2D eigenvalue weighted by Crippen LogP contribution is 2.35. The highest BCUT2D eigenvalue weighted by atomic mass is 16.5. The van der Waals surface area contributed by atoms with E-state index in [0.717, 1.165) is 11.1 Å². The smallest absolute Gasteiger partial charge is 0.170 e. The number of hydrogen-bond donors (Lipinski definition) is 2. The van der Waals surface area contributed by atoms with Crippen molar-refractivity contribution in [2.24, 2.45) is 0 Å². The maximum Gasteiger partial charge on any atom is 0.170 e. The zero-order valence-electron chi connectivity index (χ0n) is 10.9. The third-order valence-corrected chi connectivity index (χ3v) is 3.19. The van der Waals surface area contributed by atoms with Crippen LogP contribution in [0.2, 0.25) is 0 Å². The molecule has 0 spiro atoms. The monoisotopic (exact) mass is 267 g/mol. The SMILES string of the molecule is Cc1c(-c2ccccc2O)noc1-c1cccc(O)c1. The Hall–Kier alpha value is -2.75. The van der Waals surface area contributed by atoms with Crippen LogP contribution < -0.4 is 0 Å². The van der Waals surface area contributed by atoms with Crippen LogP contribution in [0, 0.1) is 6.92 Å². The Morgan fingerprint density at radius 3 is 2.55 bits per heavy atom. The van der Waals surface area contributed by atoms with Gasteiger partial charge in [0.25, 0.3) is 0 Å². The summed E-state index contributed by atoms with van der Waals surface area (Å²) in [5.74, 6) is 0.910. The number of hydrogen-bond acceptors (Lipinski definition) is 4. The van der Waals surface area contributed by atoms with Gasteiger partial charge in [0.1, 0.15) is 17.2 Å². The first-order valence-corrected chi connectivity index (χ1v) is 6.21. The summed E-state index contributed by atoms with van der Waals surface area (Å²) in [5, 5.41) is 23.5. The second-order valence-corrected chi connectivity index (χ2v) is 4.55. The van der Waals surface area contributed by atoms with Crippen molar-refractivity contribution in [2.75, 3.05) is 0 Å². The molecule has 0 saturated carbocycles. The lowest BCUT2D eigenvalue weighted by Crippen LogP contribution is -1.83. The molecule has 0 aliphatic rings. The van der Waals surface area contributed by atoms with E-state index in [9.17, 15) is 10.2 Å². The molecular formula is C16H13NO3. The van der Waals surface area contributed by atoms with Crippen LogP contribution in [-0.2, 0) is 0 Å². The van der Waals surface area contributed by atoms with E-state index in [1.807, 2.05) is 19.1 Å². The fourth-order valence-electron chi connectivity index (χ4n) is 2.18. The van der Waals surface area contributed by atoms with Crippen molar-refractivity contribution in [3.05, 3.63) is 54.1 Å². The molecule has 0 amide bonds. The highest BCUT2D eigenvalue weighted by Gasteiger charge is 2.17. The first kappa shape index (κ1) is 12.3. The lowest BCUT2D eigenvalue weighted by molar-refractivity contribution is 0.432. The van der Waals surface area contributed by atoms with Gasteiger partial charge in [0.15, 0.2) is 5.76 Å². The average Bonchev–Trinajstić information content (AvgIpc) is 2.81. The van der Waals surface area contributed by atoms with Crippen LogP contribution >= 0.6 is 0 Å². The Balaban J connectivity index is 2.12. The molecule has 2 N–H and O–H groups in total. The summed E-state index contributed by atoms with van der Waals surface area (Å²) in [5.41, 5.74) is 2.79. The zero-order valence-corrected chi connectivity index (χ0v) is 10.9. The van der Waals surface area contributed by atoms with Gasteiger partial charge in [0.05, 0.1) is 0 Å². The molecule has 0 aliphatic carbocycles.